The molecule has 0 atom stereocenters. The highest BCUT2D eigenvalue weighted by molar-refractivity contribution is 5.90. The third-order valence-corrected chi connectivity index (χ3v) is 4.95. The van der Waals surface area contributed by atoms with Crippen molar-refractivity contribution in [2.75, 3.05) is 0 Å². The van der Waals surface area contributed by atoms with E-state index in [2.05, 4.69) is 38.1 Å². The minimum Gasteiger partial charge on any atom is -0.299 e. The van der Waals surface area contributed by atoms with Crippen LogP contribution >= 0.6 is 0 Å². The van der Waals surface area contributed by atoms with Crippen LogP contribution in [-0.2, 0) is 10.2 Å². The Morgan fingerprint density at radius 1 is 1.11 bits per heavy atom. The summed E-state index contributed by atoms with van der Waals surface area (Å²) in [5, 5.41) is 0. The van der Waals surface area contributed by atoms with Crippen LogP contribution in [0.25, 0.3) is 0 Å². The number of ketones is 1. The normalized spacial score (nSPS) is 17.8. The Labute approximate surface area is 117 Å². The van der Waals surface area contributed by atoms with Crippen LogP contribution in [0.5, 0.6) is 0 Å². The van der Waals surface area contributed by atoms with Gasteiger partial charge in [-0.05, 0) is 24.3 Å². The molecule has 104 valence electrons. The molecule has 0 spiro atoms. The Kier molecular flexibility index (Phi) is 4.79. The van der Waals surface area contributed by atoms with E-state index in [0.717, 1.165) is 32.1 Å². The fraction of sp³-hybridized carbons (Fsp3) is 0.611. The second-order valence-electron chi connectivity index (χ2n) is 5.97. The smallest absolute Gasteiger partial charge is 0.143 e. The van der Waals surface area contributed by atoms with Crippen molar-refractivity contribution in [2.24, 2.45) is 5.92 Å². The van der Waals surface area contributed by atoms with Gasteiger partial charge in [0.15, 0.2) is 0 Å². The zero-order valence-electron chi connectivity index (χ0n) is 12.3. The molecule has 0 N–H and O–H groups in total. The lowest BCUT2D eigenvalue weighted by atomic mass is 9.72. The summed E-state index contributed by atoms with van der Waals surface area (Å²) in [6.45, 7) is 4.40. The molecule has 2 rings (SSSR count). The number of carbonyl (C=O) groups is 1. The van der Waals surface area contributed by atoms with E-state index >= 15 is 0 Å². The maximum Gasteiger partial charge on any atom is 0.143 e. The van der Waals surface area contributed by atoms with E-state index < -0.39 is 0 Å². The van der Waals surface area contributed by atoms with Gasteiger partial charge in [-0.1, -0.05) is 69.9 Å². The van der Waals surface area contributed by atoms with Crippen LogP contribution in [0.3, 0.4) is 0 Å². The molecule has 0 saturated heterocycles. The Balaban J connectivity index is 2.23. The first-order valence-corrected chi connectivity index (χ1v) is 7.81. The van der Waals surface area contributed by atoms with Gasteiger partial charge in [0.1, 0.15) is 5.78 Å². The van der Waals surface area contributed by atoms with Crippen molar-refractivity contribution in [1.29, 1.82) is 0 Å². The molecule has 0 unspecified atom stereocenters. The average molecular weight is 258 g/mol. The van der Waals surface area contributed by atoms with Gasteiger partial charge < -0.3 is 0 Å². The highest BCUT2D eigenvalue weighted by Crippen LogP contribution is 2.43. The van der Waals surface area contributed by atoms with E-state index in [1.54, 1.807) is 0 Å². The molecule has 1 aliphatic carbocycles. The number of carbonyl (C=O) groups excluding carboxylic acids is 1. The van der Waals surface area contributed by atoms with Crippen molar-refractivity contribution in [1.82, 2.24) is 0 Å². The molecule has 1 nitrogen and oxygen atoms in total. The van der Waals surface area contributed by atoms with Gasteiger partial charge in [0.2, 0.25) is 0 Å². The van der Waals surface area contributed by atoms with Gasteiger partial charge in [-0.3, -0.25) is 4.79 Å². The van der Waals surface area contributed by atoms with E-state index in [9.17, 15) is 4.79 Å². The number of hydrogen-bond acceptors (Lipinski definition) is 1. The Bertz CT molecular complexity index is 397. The van der Waals surface area contributed by atoms with Crippen molar-refractivity contribution >= 4 is 5.78 Å². The molecule has 0 aliphatic heterocycles. The van der Waals surface area contributed by atoms with Crippen molar-refractivity contribution < 1.29 is 4.79 Å². The van der Waals surface area contributed by atoms with Crippen LogP contribution in [0.1, 0.15) is 64.4 Å². The molecule has 1 aromatic carbocycles. The zero-order valence-corrected chi connectivity index (χ0v) is 12.3. The summed E-state index contributed by atoms with van der Waals surface area (Å²) in [6.07, 6.45) is 7.50. The van der Waals surface area contributed by atoms with Crippen LogP contribution in [0.4, 0.5) is 0 Å². The van der Waals surface area contributed by atoms with Gasteiger partial charge in [-0.2, -0.15) is 0 Å². The summed E-state index contributed by atoms with van der Waals surface area (Å²) in [5.74, 6) is 1.05. The first-order chi connectivity index (χ1) is 9.23. The molecule has 0 amide bonds. The van der Waals surface area contributed by atoms with Gasteiger partial charge in [0, 0.05) is 6.42 Å². The second kappa shape index (κ2) is 6.36. The lowest BCUT2D eigenvalue weighted by Gasteiger charge is -2.29. The van der Waals surface area contributed by atoms with Crippen molar-refractivity contribution in [3.63, 3.8) is 0 Å². The third-order valence-electron chi connectivity index (χ3n) is 4.95. The largest absolute Gasteiger partial charge is 0.299 e. The standard InChI is InChI=1S/C18H26O/c1-3-15(4-2)14-17(19)18(12-8-9-13-18)16-10-6-5-7-11-16/h5-7,10-11,15H,3-4,8-9,12-14H2,1-2H3. The maximum atomic E-state index is 12.9. The molecule has 1 fully saturated rings. The monoisotopic (exact) mass is 258 g/mol. The highest BCUT2D eigenvalue weighted by atomic mass is 16.1. The quantitative estimate of drug-likeness (QED) is 0.709. The SMILES string of the molecule is CCC(CC)CC(=O)C1(c2ccccc2)CCCC1. The zero-order chi connectivity index (χ0) is 13.7. The van der Waals surface area contributed by atoms with Crippen LogP contribution in [0.2, 0.25) is 0 Å². The van der Waals surface area contributed by atoms with E-state index in [1.807, 2.05) is 6.07 Å². The second-order valence-corrected chi connectivity index (χ2v) is 5.97. The van der Waals surface area contributed by atoms with Crippen molar-refractivity contribution in [3.8, 4) is 0 Å². The van der Waals surface area contributed by atoms with Crippen LogP contribution in [0.15, 0.2) is 30.3 Å². The summed E-state index contributed by atoms with van der Waals surface area (Å²) < 4.78 is 0. The predicted octanol–water partition coefficient (Wildman–Crippen LogP) is 4.89. The summed E-state index contributed by atoms with van der Waals surface area (Å²) >= 11 is 0. The van der Waals surface area contributed by atoms with Gasteiger partial charge >= 0.3 is 0 Å². The van der Waals surface area contributed by atoms with Crippen LogP contribution in [-0.4, -0.2) is 5.78 Å². The maximum absolute atomic E-state index is 12.9. The van der Waals surface area contributed by atoms with E-state index in [-0.39, 0.29) is 5.41 Å². The number of hydrogen-bond donors (Lipinski definition) is 0. The minimum absolute atomic E-state index is 0.163. The fourth-order valence-electron chi connectivity index (χ4n) is 3.50. The van der Waals surface area contributed by atoms with E-state index in [4.69, 9.17) is 0 Å². The molecule has 1 saturated carbocycles. The predicted molar refractivity (Wildman–Crippen MR) is 80.3 cm³/mol. The average Bonchev–Trinajstić information content (AvgIpc) is 2.96. The fourth-order valence-corrected chi connectivity index (χ4v) is 3.50. The van der Waals surface area contributed by atoms with Gasteiger partial charge in [-0.25, -0.2) is 0 Å². The first-order valence-electron chi connectivity index (χ1n) is 7.81. The highest BCUT2D eigenvalue weighted by Gasteiger charge is 2.42. The molecule has 0 heterocycles. The molecular formula is C18H26O. The summed E-state index contributed by atoms with van der Waals surface area (Å²) in [6, 6.07) is 10.5. The lowest BCUT2D eigenvalue weighted by molar-refractivity contribution is -0.125. The molecule has 0 bridgehead atoms. The summed E-state index contributed by atoms with van der Waals surface area (Å²) in [7, 11) is 0. The number of Topliss-reactive ketones (excluding diaryl/α,β-unsaturated/α-hetero) is 1. The van der Waals surface area contributed by atoms with Gasteiger partial charge in [0.05, 0.1) is 5.41 Å². The number of benzene rings is 1. The molecule has 0 aromatic heterocycles. The van der Waals surface area contributed by atoms with Crippen molar-refractivity contribution in [3.05, 3.63) is 35.9 Å². The minimum atomic E-state index is -0.163. The molecular weight excluding hydrogens is 232 g/mol. The van der Waals surface area contributed by atoms with Crippen molar-refractivity contribution in [2.45, 2.75) is 64.2 Å². The molecule has 1 aromatic rings. The lowest BCUT2D eigenvalue weighted by Crippen LogP contribution is -2.34. The summed E-state index contributed by atoms with van der Waals surface area (Å²) in [4.78, 5) is 12.9. The Hall–Kier alpha value is -1.11. The number of rotatable bonds is 6. The third kappa shape index (κ3) is 2.91. The van der Waals surface area contributed by atoms with E-state index in [0.29, 0.717) is 11.7 Å². The Morgan fingerprint density at radius 3 is 2.21 bits per heavy atom. The molecule has 1 heteroatoms. The topological polar surface area (TPSA) is 17.1 Å². The first kappa shape index (κ1) is 14.3. The summed E-state index contributed by atoms with van der Waals surface area (Å²) in [5.41, 5.74) is 1.09. The molecule has 19 heavy (non-hydrogen) atoms. The van der Waals surface area contributed by atoms with Gasteiger partial charge in [-0.15, -0.1) is 0 Å². The van der Waals surface area contributed by atoms with Crippen LogP contribution in [0, 0.1) is 5.92 Å². The molecule has 0 radical (unpaired) electrons. The van der Waals surface area contributed by atoms with Gasteiger partial charge in [0.25, 0.3) is 0 Å². The Morgan fingerprint density at radius 2 is 1.68 bits per heavy atom. The molecule has 1 aliphatic rings. The van der Waals surface area contributed by atoms with E-state index in [1.165, 1.54) is 18.4 Å². The van der Waals surface area contributed by atoms with Crippen LogP contribution < -0.4 is 0 Å².